The SMILES string of the molecule is CCCC1CN(C(=O)c2ccc(C(=O)NC(C)(C)C)cc2)CCO1. The first kappa shape index (κ1) is 18.5. The van der Waals surface area contributed by atoms with Crippen molar-refractivity contribution in [3.8, 4) is 0 Å². The van der Waals surface area contributed by atoms with Gasteiger partial charge in [-0.05, 0) is 51.5 Å². The maximum atomic E-state index is 12.6. The van der Waals surface area contributed by atoms with Gasteiger partial charge in [0.25, 0.3) is 11.8 Å². The van der Waals surface area contributed by atoms with Crippen LogP contribution in [0.25, 0.3) is 0 Å². The van der Waals surface area contributed by atoms with Crippen LogP contribution in [-0.4, -0.2) is 48.1 Å². The zero-order valence-electron chi connectivity index (χ0n) is 15.1. The number of morpholine rings is 1. The fraction of sp³-hybridized carbons (Fsp3) is 0.579. The molecule has 5 nitrogen and oxygen atoms in total. The van der Waals surface area contributed by atoms with Gasteiger partial charge in [0, 0.05) is 29.8 Å². The fourth-order valence-corrected chi connectivity index (χ4v) is 2.76. The van der Waals surface area contributed by atoms with Gasteiger partial charge in [0.15, 0.2) is 0 Å². The van der Waals surface area contributed by atoms with E-state index in [2.05, 4.69) is 12.2 Å². The standard InChI is InChI=1S/C19H28N2O3/c1-5-6-16-13-21(11-12-24-16)18(23)15-9-7-14(8-10-15)17(22)20-19(2,3)4/h7-10,16H,5-6,11-13H2,1-4H3,(H,20,22). The Morgan fingerprint density at radius 2 is 1.83 bits per heavy atom. The number of hydrogen-bond donors (Lipinski definition) is 1. The number of rotatable bonds is 4. The van der Waals surface area contributed by atoms with Crippen LogP contribution in [0.1, 0.15) is 61.3 Å². The monoisotopic (exact) mass is 332 g/mol. The first-order valence-corrected chi connectivity index (χ1v) is 8.63. The van der Waals surface area contributed by atoms with Crippen molar-refractivity contribution in [1.29, 1.82) is 0 Å². The Morgan fingerprint density at radius 1 is 1.21 bits per heavy atom. The molecule has 1 unspecified atom stereocenters. The summed E-state index contributed by atoms with van der Waals surface area (Å²) in [5.74, 6) is -0.127. The van der Waals surface area contributed by atoms with Crippen molar-refractivity contribution in [2.75, 3.05) is 19.7 Å². The summed E-state index contributed by atoms with van der Waals surface area (Å²) in [5.41, 5.74) is 0.889. The number of nitrogens with one attached hydrogen (secondary N) is 1. The number of benzene rings is 1. The predicted octanol–water partition coefficient (Wildman–Crippen LogP) is 2.86. The third-order valence-electron chi connectivity index (χ3n) is 3.92. The van der Waals surface area contributed by atoms with Gasteiger partial charge in [-0.3, -0.25) is 9.59 Å². The zero-order chi connectivity index (χ0) is 17.7. The van der Waals surface area contributed by atoms with Gasteiger partial charge in [0.2, 0.25) is 0 Å². The highest BCUT2D eigenvalue weighted by Crippen LogP contribution is 2.15. The number of ether oxygens (including phenoxy) is 1. The smallest absolute Gasteiger partial charge is 0.254 e. The Bertz CT molecular complexity index is 573. The molecule has 24 heavy (non-hydrogen) atoms. The number of hydrogen-bond acceptors (Lipinski definition) is 3. The van der Waals surface area contributed by atoms with E-state index < -0.39 is 0 Å². The molecule has 0 aliphatic carbocycles. The maximum Gasteiger partial charge on any atom is 0.254 e. The van der Waals surface area contributed by atoms with E-state index in [4.69, 9.17) is 4.74 Å². The lowest BCUT2D eigenvalue weighted by Crippen LogP contribution is -2.45. The minimum Gasteiger partial charge on any atom is -0.375 e. The summed E-state index contributed by atoms with van der Waals surface area (Å²) >= 11 is 0. The summed E-state index contributed by atoms with van der Waals surface area (Å²) in [5, 5.41) is 2.92. The van der Waals surface area contributed by atoms with Crippen molar-refractivity contribution in [2.24, 2.45) is 0 Å². The second-order valence-corrected chi connectivity index (χ2v) is 7.31. The van der Waals surface area contributed by atoms with Crippen molar-refractivity contribution in [2.45, 2.75) is 52.2 Å². The quantitative estimate of drug-likeness (QED) is 0.922. The molecule has 0 aromatic heterocycles. The van der Waals surface area contributed by atoms with E-state index in [1.165, 1.54) is 0 Å². The van der Waals surface area contributed by atoms with Crippen molar-refractivity contribution in [3.63, 3.8) is 0 Å². The van der Waals surface area contributed by atoms with E-state index in [1.807, 2.05) is 25.7 Å². The first-order valence-electron chi connectivity index (χ1n) is 8.63. The third kappa shape index (κ3) is 5.06. The lowest BCUT2D eigenvalue weighted by Gasteiger charge is -2.33. The van der Waals surface area contributed by atoms with E-state index in [1.54, 1.807) is 24.3 Å². The molecule has 0 spiro atoms. The van der Waals surface area contributed by atoms with Crippen LogP contribution in [-0.2, 0) is 4.74 Å². The van der Waals surface area contributed by atoms with Crippen LogP contribution in [0.4, 0.5) is 0 Å². The normalized spacial score (nSPS) is 18.3. The fourth-order valence-electron chi connectivity index (χ4n) is 2.76. The summed E-state index contributed by atoms with van der Waals surface area (Å²) in [7, 11) is 0. The molecule has 1 N–H and O–H groups in total. The van der Waals surface area contributed by atoms with E-state index in [0.717, 1.165) is 12.8 Å². The first-order chi connectivity index (χ1) is 11.3. The largest absolute Gasteiger partial charge is 0.375 e. The van der Waals surface area contributed by atoms with Gasteiger partial charge >= 0.3 is 0 Å². The number of amides is 2. The summed E-state index contributed by atoms with van der Waals surface area (Å²) in [4.78, 5) is 26.6. The molecule has 0 saturated carbocycles. The van der Waals surface area contributed by atoms with Crippen LogP contribution in [0.5, 0.6) is 0 Å². The number of carbonyl (C=O) groups is 2. The van der Waals surface area contributed by atoms with Crippen LogP contribution in [0, 0.1) is 0 Å². The van der Waals surface area contributed by atoms with Crippen molar-refractivity contribution < 1.29 is 14.3 Å². The zero-order valence-corrected chi connectivity index (χ0v) is 15.1. The molecule has 1 saturated heterocycles. The van der Waals surface area contributed by atoms with Crippen LogP contribution in [0.3, 0.4) is 0 Å². The molecule has 1 aliphatic rings. The van der Waals surface area contributed by atoms with Crippen molar-refractivity contribution in [3.05, 3.63) is 35.4 Å². The van der Waals surface area contributed by atoms with Crippen LogP contribution in [0.2, 0.25) is 0 Å². The molecule has 1 atom stereocenters. The van der Waals surface area contributed by atoms with Gasteiger partial charge in [0.05, 0.1) is 12.7 Å². The van der Waals surface area contributed by atoms with Crippen LogP contribution in [0.15, 0.2) is 24.3 Å². The Labute approximate surface area is 144 Å². The minimum absolute atomic E-state index is 0.00202. The van der Waals surface area contributed by atoms with Crippen LogP contribution >= 0.6 is 0 Å². The Kier molecular flexibility index (Phi) is 5.99. The summed E-state index contributed by atoms with van der Waals surface area (Å²) < 4.78 is 5.68. The van der Waals surface area contributed by atoms with Gasteiger partial charge in [0.1, 0.15) is 0 Å². The van der Waals surface area contributed by atoms with E-state index in [-0.39, 0.29) is 23.5 Å². The van der Waals surface area contributed by atoms with Crippen LogP contribution < -0.4 is 5.32 Å². The molecule has 0 radical (unpaired) electrons. The molecule has 1 heterocycles. The second-order valence-electron chi connectivity index (χ2n) is 7.31. The topological polar surface area (TPSA) is 58.6 Å². The predicted molar refractivity (Wildman–Crippen MR) is 94.2 cm³/mol. The van der Waals surface area contributed by atoms with E-state index in [0.29, 0.717) is 30.8 Å². The molecule has 132 valence electrons. The molecular formula is C19H28N2O3. The van der Waals surface area contributed by atoms with E-state index in [9.17, 15) is 9.59 Å². The molecular weight excluding hydrogens is 304 g/mol. The molecule has 2 amide bonds. The maximum absolute atomic E-state index is 12.6. The average molecular weight is 332 g/mol. The Morgan fingerprint density at radius 3 is 2.42 bits per heavy atom. The number of carbonyl (C=O) groups excluding carboxylic acids is 2. The van der Waals surface area contributed by atoms with Gasteiger partial charge in [-0.25, -0.2) is 0 Å². The van der Waals surface area contributed by atoms with Gasteiger partial charge in [-0.2, -0.15) is 0 Å². The highest BCUT2D eigenvalue weighted by atomic mass is 16.5. The molecule has 1 aromatic carbocycles. The molecule has 0 bridgehead atoms. The van der Waals surface area contributed by atoms with Crippen molar-refractivity contribution in [1.82, 2.24) is 10.2 Å². The second kappa shape index (κ2) is 7.79. The lowest BCUT2D eigenvalue weighted by molar-refractivity contribution is -0.0250. The molecule has 1 aliphatic heterocycles. The Hall–Kier alpha value is -1.88. The molecule has 2 rings (SSSR count). The molecule has 5 heteroatoms. The molecule has 1 aromatic rings. The number of nitrogens with zero attached hydrogens (tertiary/aromatic N) is 1. The summed E-state index contributed by atoms with van der Waals surface area (Å²) in [6, 6.07) is 6.87. The average Bonchev–Trinajstić information content (AvgIpc) is 2.53. The Balaban J connectivity index is 2.02. The van der Waals surface area contributed by atoms with Gasteiger partial charge < -0.3 is 15.0 Å². The minimum atomic E-state index is -0.284. The highest BCUT2D eigenvalue weighted by Gasteiger charge is 2.24. The van der Waals surface area contributed by atoms with Crippen molar-refractivity contribution >= 4 is 11.8 Å². The highest BCUT2D eigenvalue weighted by molar-refractivity contribution is 5.98. The summed E-state index contributed by atoms with van der Waals surface area (Å²) in [6.07, 6.45) is 2.14. The van der Waals surface area contributed by atoms with Gasteiger partial charge in [-0.15, -0.1) is 0 Å². The molecule has 1 fully saturated rings. The lowest BCUT2D eigenvalue weighted by atomic mass is 10.1. The summed E-state index contributed by atoms with van der Waals surface area (Å²) in [6.45, 7) is 9.77. The van der Waals surface area contributed by atoms with E-state index >= 15 is 0 Å². The van der Waals surface area contributed by atoms with Gasteiger partial charge in [-0.1, -0.05) is 13.3 Å². The third-order valence-corrected chi connectivity index (χ3v) is 3.92.